The van der Waals surface area contributed by atoms with E-state index in [1.807, 2.05) is 6.42 Å². The van der Waals surface area contributed by atoms with Gasteiger partial charge in [0.15, 0.2) is 0 Å². The molecule has 13 heavy (non-hydrogen) atoms. The highest BCUT2D eigenvalue weighted by atomic mass is 16.5. The number of hydrogen-bond donors (Lipinski definition) is 0. The minimum Gasteiger partial charge on any atom is -0.384 e. The van der Waals surface area contributed by atoms with Gasteiger partial charge < -0.3 is 4.74 Å². The van der Waals surface area contributed by atoms with E-state index in [-0.39, 0.29) is 0 Å². The van der Waals surface area contributed by atoms with Gasteiger partial charge in [0.25, 0.3) is 0 Å². The van der Waals surface area contributed by atoms with Crippen LogP contribution >= 0.6 is 0 Å². The van der Waals surface area contributed by atoms with Crippen LogP contribution in [0, 0.1) is 6.42 Å². The van der Waals surface area contributed by atoms with Crippen molar-refractivity contribution >= 4 is 0 Å². The zero-order valence-electron chi connectivity index (χ0n) is 7.99. The molecule has 0 aliphatic heterocycles. The van der Waals surface area contributed by atoms with E-state index < -0.39 is 0 Å². The summed E-state index contributed by atoms with van der Waals surface area (Å²) in [6.45, 7) is 4.43. The number of methoxy groups -OCH3 is 1. The van der Waals surface area contributed by atoms with Gasteiger partial charge in [-0.15, -0.1) is 6.58 Å². The fourth-order valence-corrected chi connectivity index (χ4v) is 1.15. The average molecular weight is 175 g/mol. The van der Waals surface area contributed by atoms with Gasteiger partial charge in [-0.1, -0.05) is 30.3 Å². The molecule has 0 heterocycles. The van der Waals surface area contributed by atoms with Crippen molar-refractivity contribution in [2.24, 2.45) is 0 Å². The van der Waals surface area contributed by atoms with Gasteiger partial charge in [0, 0.05) is 13.5 Å². The van der Waals surface area contributed by atoms with Crippen LogP contribution in [0.3, 0.4) is 0 Å². The first-order valence-electron chi connectivity index (χ1n) is 4.40. The van der Waals surface area contributed by atoms with E-state index in [1.165, 1.54) is 11.1 Å². The van der Waals surface area contributed by atoms with Crippen molar-refractivity contribution in [3.05, 3.63) is 54.5 Å². The monoisotopic (exact) mass is 175 g/mol. The van der Waals surface area contributed by atoms with Crippen LogP contribution in [0.1, 0.15) is 11.1 Å². The Morgan fingerprint density at radius 2 is 2.00 bits per heavy atom. The summed E-state index contributed by atoms with van der Waals surface area (Å²) in [7, 11) is 1.72. The Kier molecular flexibility index (Phi) is 4.27. The Morgan fingerprint density at radius 3 is 2.54 bits per heavy atom. The van der Waals surface area contributed by atoms with Crippen LogP contribution in [0.15, 0.2) is 36.9 Å². The smallest absolute Gasteiger partial charge is 0.0502 e. The van der Waals surface area contributed by atoms with E-state index in [4.69, 9.17) is 4.74 Å². The van der Waals surface area contributed by atoms with Gasteiger partial charge in [0.2, 0.25) is 0 Å². The number of ether oxygens (including phenoxy) is 1. The third-order valence-corrected chi connectivity index (χ3v) is 1.88. The summed E-state index contributed by atoms with van der Waals surface area (Å²) in [5.74, 6) is 0. The topological polar surface area (TPSA) is 9.23 Å². The third-order valence-electron chi connectivity index (χ3n) is 1.88. The van der Waals surface area contributed by atoms with Crippen LogP contribution in [-0.4, -0.2) is 13.7 Å². The summed E-state index contributed by atoms with van der Waals surface area (Å²) in [6, 6.07) is 8.42. The fraction of sp³-hybridized carbons (Fsp3) is 0.250. The Labute approximate surface area is 80.0 Å². The lowest BCUT2D eigenvalue weighted by atomic mass is 10.1. The molecule has 0 amide bonds. The van der Waals surface area contributed by atoms with Crippen molar-refractivity contribution in [3.8, 4) is 0 Å². The molecule has 0 saturated carbocycles. The third kappa shape index (κ3) is 3.43. The standard InChI is InChI=1S/C12H15O/c1-3-4-11-5-7-12(8-6-11)9-10-13-2/h3-8H,1,9-10H2,2H3. The van der Waals surface area contributed by atoms with Gasteiger partial charge in [-0.25, -0.2) is 0 Å². The van der Waals surface area contributed by atoms with Crippen LogP contribution in [0.25, 0.3) is 0 Å². The summed E-state index contributed by atoms with van der Waals surface area (Å²) < 4.78 is 5.00. The second-order valence-corrected chi connectivity index (χ2v) is 2.89. The molecule has 0 aliphatic carbocycles. The summed E-state index contributed by atoms with van der Waals surface area (Å²) in [6.07, 6.45) is 4.76. The lowest BCUT2D eigenvalue weighted by molar-refractivity contribution is 0.202. The van der Waals surface area contributed by atoms with Gasteiger partial charge in [0.1, 0.15) is 0 Å². The molecule has 0 bridgehead atoms. The summed E-state index contributed by atoms with van der Waals surface area (Å²) in [5, 5.41) is 0. The first-order chi connectivity index (χ1) is 6.36. The molecule has 1 rings (SSSR count). The average Bonchev–Trinajstić information content (AvgIpc) is 2.17. The quantitative estimate of drug-likeness (QED) is 0.668. The lowest BCUT2D eigenvalue weighted by Gasteiger charge is -2.01. The number of allylic oxidation sites excluding steroid dienone is 1. The molecule has 0 aromatic heterocycles. The Balaban J connectivity index is 2.53. The summed E-state index contributed by atoms with van der Waals surface area (Å²) >= 11 is 0. The molecule has 0 spiro atoms. The van der Waals surface area contributed by atoms with E-state index >= 15 is 0 Å². The van der Waals surface area contributed by atoms with Crippen molar-refractivity contribution in [2.45, 2.75) is 6.42 Å². The molecule has 0 N–H and O–H groups in total. The molecule has 0 fully saturated rings. The second-order valence-electron chi connectivity index (χ2n) is 2.89. The highest BCUT2D eigenvalue weighted by molar-refractivity contribution is 5.30. The molecule has 0 aliphatic rings. The van der Waals surface area contributed by atoms with Crippen LogP contribution in [0.2, 0.25) is 0 Å². The van der Waals surface area contributed by atoms with Crippen LogP contribution < -0.4 is 0 Å². The molecule has 69 valence electrons. The Bertz CT molecular complexity index is 248. The van der Waals surface area contributed by atoms with Gasteiger partial charge in [-0.05, 0) is 17.5 Å². The van der Waals surface area contributed by atoms with Gasteiger partial charge in [0.05, 0.1) is 6.61 Å². The molecule has 1 aromatic carbocycles. The van der Waals surface area contributed by atoms with E-state index in [2.05, 4.69) is 30.8 Å². The van der Waals surface area contributed by atoms with Crippen LogP contribution in [-0.2, 0) is 11.2 Å². The van der Waals surface area contributed by atoms with Crippen molar-refractivity contribution in [1.29, 1.82) is 0 Å². The van der Waals surface area contributed by atoms with E-state index in [0.29, 0.717) is 0 Å². The second kappa shape index (κ2) is 5.55. The first-order valence-corrected chi connectivity index (χ1v) is 4.40. The molecule has 0 atom stereocenters. The van der Waals surface area contributed by atoms with Crippen LogP contribution in [0.4, 0.5) is 0 Å². The Morgan fingerprint density at radius 1 is 1.31 bits per heavy atom. The minimum atomic E-state index is 0.782. The zero-order valence-corrected chi connectivity index (χ0v) is 7.99. The van der Waals surface area contributed by atoms with E-state index in [9.17, 15) is 0 Å². The van der Waals surface area contributed by atoms with Crippen molar-refractivity contribution < 1.29 is 4.74 Å². The number of rotatable bonds is 5. The largest absolute Gasteiger partial charge is 0.384 e. The molecule has 1 nitrogen and oxygen atoms in total. The maximum Gasteiger partial charge on any atom is 0.0502 e. The molecule has 1 radical (unpaired) electrons. The van der Waals surface area contributed by atoms with Crippen LogP contribution in [0.5, 0.6) is 0 Å². The molecule has 0 unspecified atom stereocenters. The van der Waals surface area contributed by atoms with Crippen molar-refractivity contribution in [1.82, 2.24) is 0 Å². The maximum absolute atomic E-state index is 5.00. The fourth-order valence-electron chi connectivity index (χ4n) is 1.15. The number of hydrogen-bond acceptors (Lipinski definition) is 1. The van der Waals surface area contributed by atoms with E-state index in [1.54, 1.807) is 13.2 Å². The normalized spacial score (nSPS) is 9.92. The summed E-state index contributed by atoms with van der Waals surface area (Å²) in [5.41, 5.74) is 2.50. The van der Waals surface area contributed by atoms with Crippen molar-refractivity contribution in [2.75, 3.05) is 13.7 Å². The molecular formula is C12H15O. The minimum absolute atomic E-state index is 0.782. The SMILES string of the molecule is C=C[CH]c1ccc(CCOC)cc1. The van der Waals surface area contributed by atoms with E-state index in [0.717, 1.165) is 13.0 Å². The highest BCUT2D eigenvalue weighted by Crippen LogP contribution is 2.07. The predicted octanol–water partition coefficient (Wildman–Crippen LogP) is 2.61. The summed E-state index contributed by atoms with van der Waals surface area (Å²) in [4.78, 5) is 0. The zero-order chi connectivity index (χ0) is 9.52. The maximum atomic E-state index is 5.00. The molecule has 1 aromatic rings. The first kappa shape index (κ1) is 10.0. The molecular weight excluding hydrogens is 160 g/mol. The van der Waals surface area contributed by atoms with Gasteiger partial charge in [-0.2, -0.15) is 0 Å². The van der Waals surface area contributed by atoms with Crippen molar-refractivity contribution in [3.63, 3.8) is 0 Å². The Hall–Kier alpha value is -1.08. The van der Waals surface area contributed by atoms with Gasteiger partial charge in [-0.3, -0.25) is 0 Å². The number of benzene rings is 1. The van der Waals surface area contributed by atoms with Gasteiger partial charge >= 0.3 is 0 Å². The highest BCUT2D eigenvalue weighted by Gasteiger charge is 1.93. The molecule has 1 heteroatoms. The molecule has 0 saturated heterocycles. The predicted molar refractivity (Wildman–Crippen MR) is 55.6 cm³/mol. The lowest BCUT2D eigenvalue weighted by Crippen LogP contribution is -1.94.